The Labute approximate surface area is 147 Å². The lowest BCUT2D eigenvalue weighted by molar-refractivity contribution is 0.166. The van der Waals surface area contributed by atoms with E-state index in [1.165, 1.54) is 4.88 Å². The van der Waals surface area contributed by atoms with E-state index in [2.05, 4.69) is 34.7 Å². The topological polar surface area (TPSA) is 33.7 Å². The molecule has 124 valence electrons. The Morgan fingerprint density at radius 3 is 2.57 bits per heavy atom. The number of benzene rings is 1. The minimum Gasteiger partial charge on any atom is -0.497 e. The Bertz CT molecular complexity index is 600. The molecule has 1 aromatic carbocycles. The van der Waals surface area contributed by atoms with Gasteiger partial charge < -0.3 is 19.7 Å². The molecule has 2 rings (SSSR count). The standard InChI is InChI=1S/C17H22N2O2S2/c1-13(16-5-4-12-23-16)19(10-11-20-2)17(22)18-14-6-8-15(21-3)9-7-14/h4-9,12-13H,10-11H2,1-3H3,(H,18,22)/t13-/m1/s1. The van der Waals surface area contributed by atoms with Gasteiger partial charge in [0, 0.05) is 24.2 Å². The van der Waals surface area contributed by atoms with Gasteiger partial charge in [-0.25, -0.2) is 0 Å². The number of nitrogens with one attached hydrogen (secondary N) is 1. The van der Waals surface area contributed by atoms with E-state index in [4.69, 9.17) is 21.7 Å². The molecular weight excluding hydrogens is 328 g/mol. The second kappa shape index (κ2) is 8.86. The van der Waals surface area contributed by atoms with Crippen LogP contribution in [0.5, 0.6) is 5.75 Å². The molecular formula is C17H22N2O2S2. The van der Waals surface area contributed by atoms with Gasteiger partial charge in [-0.3, -0.25) is 0 Å². The van der Waals surface area contributed by atoms with E-state index in [9.17, 15) is 0 Å². The summed E-state index contributed by atoms with van der Waals surface area (Å²) in [6, 6.07) is 12.1. The predicted molar refractivity (Wildman–Crippen MR) is 101 cm³/mol. The number of methoxy groups -OCH3 is 2. The van der Waals surface area contributed by atoms with Crippen LogP contribution in [0.25, 0.3) is 0 Å². The molecule has 0 saturated carbocycles. The number of rotatable bonds is 7. The summed E-state index contributed by atoms with van der Waals surface area (Å²) in [5.74, 6) is 0.824. The molecule has 0 aliphatic rings. The first-order chi connectivity index (χ1) is 11.2. The maximum absolute atomic E-state index is 5.61. The van der Waals surface area contributed by atoms with Crippen molar-refractivity contribution in [2.75, 3.05) is 32.7 Å². The molecule has 0 bridgehead atoms. The normalized spacial score (nSPS) is 11.8. The fourth-order valence-electron chi connectivity index (χ4n) is 2.21. The van der Waals surface area contributed by atoms with Crippen LogP contribution in [-0.2, 0) is 4.74 Å². The van der Waals surface area contributed by atoms with Crippen LogP contribution in [0.15, 0.2) is 41.8 Å². The van der Waals surface area contributed by atoms with E-state index >= 15 is 0 Å². The SMILES string of the molecule is COCCN(C(=S)Nc1ccc(OC)cc1)[C@H](C)c1cccs1. The number of thiocarbonyl (C=S) groups is 1. The molecule has 0 radical (unpaired) electrons. The van der Waals surface area contributed by atoms with Gasteiger partial charge in [-0.1, -0.05) is 6.07 Å². The summed E-state index contributed by atoms with van der Waals surface area (Å²) in [6.45, 7) is 3.52. The van der Waals surface area contributed by atoms with E-state index in [-0.39, 0.29) is 6.04 Å². The van der Waals surface area contributed by atoms with Crippen molar-refractivity contribution in [1.82, 2.24) is 4.90 Å². The van der Waals surface area contributed by atoms with Gasteiger partial charge in [0.15, 0.2) is 5.11 Å². The highest BCUT2D eigenvalue weighted by atomic mass is 32.1. The summed E-state index contributed by atoms with van der Waals surface area (Å²) >= 11 is 7.35. The first kappa shape index (κ1) is 17.7. The van der Waals surface area contributed by atoms with Crippen LogP contribution < -0.4 is 10.1 Å². The number of anilines is 1. The van der Waals surface area contributed by atoms with Crippen LogP contribution in [0.4, 0.5) is 5.69 Å². The Kier molecular flexibility index (Phi) is 6.83. The predicted octanol–water partition coefficient (Wildman–Crippen LogP) is 4.16. The molecule has 6 heteroatoms. The summed E-state index contributed by atoms with van der Waals surface area (Å²) in [7, 11) is 3.36. The zero-order valence-electron chi connectivity index (χ0n) is 13.6. The van der Waals surface area contributed by atoms with Crippen LogP contribution in [0.2, 0.25) is 0 Å². The second-order valence-corrected chi connectivity index (χ2v) is 6.40. The molecule has 0 unspecified atom stereocenters. The van der Waals surface area contributed by atoms with Crippen LogP contribution in [-0.4, -0.2) is 37.4 Å². The Morgan fingerprint density at radius 2 is 2.00 bits per heavy atom. The van der Waals surface area contributed by atoms with Crippen LogP contribution in [0.1, 0.15) is 17.8 Å². The zero-order valence-corrected chi connectivity index (χ0v) is 15.2. The molecule has 4 nitrogen and oxygen atoms in total. The van der Waals surface area contributed by atoms with Gasteiger partial charge >= 0.3 is 0 Å². The number of hydrogen-bond acceptors (Lipinski definition) is 4. The van der Waals surface area contributed by atoms with Crippen LogP contribution in [0, 0.1) is 0 Å². The lowest BCUT2D eigenvalue weighted by Gasteiger charge is -2.31. The third-order valence-corrected chi connectivity index (χ3v) is 4.94. The molecule has 1 atom stereocenters. The van der Waals surface area contributed by atoms with Crippen molar-refractivity contribution in [3.63, 3.8) is 0 Å². The van der Waals surface area contributed by atoms with Gasteiger partial charge in [-0.2, -0.15) is 0 Å². The molecule has 0 amide bonds. The van der Waals surface area contributed by atoms with Crippen molar-refractivity contribution in [3.8, 4) is 5.75 Å². The molecule has 2 aromatic rings. The molecule has 1 aromatic heterocycles. The summed E-state index contributed by atoms with van der Waals surface area (Å²) in [5.41, 5.74) is 0.941. The van der Waals surface area contributed by atoms with Gasteiger partial charge in [0.1, 0.15) is 5.75 Å². The third kappa shape index (κ3) is 4.92. The number of ether oxygens (including phenoxy) is 2. The Hall–Kier alpha value is -1.63. The molecule has 1 N–H and O–H groups in total. The molecule has 23 heavy (non-hydrogen) atoms. The fourth-order valence-corrected chi connectivity index (χ4v) is 3.38. The van der Waals surface area contributed by atoms with Crippen molar-refractivity contribution in [1.29, 1.82) is 0 Å². The fraction of sp³-hybridized carbons (Fsp3) is 0.353. The van der Waals surface area contributed by atoms with Gasteiger partial charge in [0.2, 0.25) is 0 Å². The van der Waals surface area contributed by atoms with Crippen LogP contribution in [0.3, 0.4) is 0 Å². The smallest absolute Gasteiger partial charge is 0.174 e. The van der Waals surface area contributed by atoms with Crippen molar-refractivity contribution in [2.24, 2.45) is 0 Å². The average Bonchev–Trinajstić information content (AvgIpc) is 3.10. The van der Waals surface area contributed by atoms with E-state index in [1.807, 2.05) is 24.3 Å². The highest BCUT2D eigenvalue weighted by Gasteiger charge is 2.19. The summed E-state index contributed by atoms with van der Waals surface area (Å²) in [5, 5.41) is 6.07. The van der Waals surface area contributed by atoms with E-state index < -0.39 is 0 Å². The lowest BCUT2D eigenvalue weighted by Crippen LogP contribution is -2.38. The highest BCUT2D eigenvalue weighted by Crippen LogP contribution is 2.25. The van der Waals surface area contributed by atoms with Crippen molar-refractivity contribution in [3.05, 3.63) is 46.7 Å². The molecule has 0 aliphatic heterocycles. The zero-order chi connectivity index (χ0) is 16.7. The van der Waals surface area contributed by atoms with Crippen molar-refractivity contribution < 1.29 is 9.47 Å². The molecule has 1 heterocycles. The average molecular weight is 351 g/mol. The minimum atomic E-state index is 0.198. The largest absolute Gasteiger partial charge is 0.497 e. The number of nitrogens with zero attached hydrogens (tertiary/aromatic N) is 1. The first-order valence-corrected chi connectivity index (χ1v) is 8.68. The van der Waals surface area contributed by atoms with Gasteiger partial charge in [-0.15, -0.1) is 11.3 Å². The van der Waals surface area contributed by atoms with Crippen LogP contribution >= 0.6 is 23.6 Å². The van der Waals surface area contributed by atoms with Crippen molar-refractivity contribution >= 4 is 34.4 Å². The van der Waals surface area contributed by atoms with E-state index in [0.29, 0.717) is 11.7 Å². The summed E-state index contributed by atoms with van der Waals surface area (Å²) in [6.07, 6.45) is 0. The molecule has 0 saturated heterocycles. The number of thiophene rings is 1. The quantitative estimate of drug-likeness (QED) is 0.758. The molecule has 0 spiro atoms. The van der Waals surface area contributed by atoms with E-state index in [0.717, 1.165) is 18.0 Å². The second-order valence-electron chi connectivity index (χ2n) is 5.04. The lowest BCUT2D eigenvalue weighted by atomic mass is 10.2. The minimum absolute atomic E-state index is 0.198. The monoisotopic (exact) mass is 350 g/mol. The Balaban J connectivity index is 2.08. The summed E-state index contributed by atoms with van der Waals surface area (Å²) in [4.78, 5) is 3.43. The third-order valence-electron chi connectivity index (χ3n) is 3.56. The van der Waals surface area contributed by atoms with Gasteiger partial charge in [0.25, 0.3) is 0 Å². The maximum atomic E-state index is 5.61. The first-order valence-electron chi connectivity index (χ1n) is 7.39. The van der Waals surface area contributed by atoms with E-state index in [1.54, 1.807) is 25.6 Å². The maximum Gasteiger partial charge on any atom is 0.174 e. The number of hydrogen-bond donors (Lipinski definition) is 1. The molecule has 0 fully saturated rings. The van der Waals surface area contributed by atoms with Gasteiger partial charge in [-0.05, 0) is 54.9 Å². The molecule has 0 aliphatic carbocycles. The summed E-state index contributed by atoms with van der Waals surface area (Å²) < 4.78 is 10.4. The highest BCUT2D eigenvalue weighted by molar-refractivity contribution is 7.80. The Morgan fingerprint density at radius 1 is 1.26 bits per heavy atom. The van der Waals surface area contributed by atoms with Crippen molar-refractivity contribution in [2.45, 2.75) is 13.0 Å². The van der Waals surface area contributed by atoms with Gasteiger partial charge in [0.05, 0.1) is 19.8 Å².